The lowest BCUT2D eigenvalue weighted by molar-refractivity contribution is -0.127. The molecular formula is C29H38N4O2. The van der Waals surface area contributed by atoms with Crippen LogP contribution in [0.25, 0.3) is 0 Å². The van der Waals surface area contributed by atoms with E-state index in [1.807, 2.05) is 30.3 Å². The van der Waals surface area contributed by atoms with E-state index in [0.29, 0.717) is 19.1 Å². The lowest BCUT2D eigenvalue weighted by Gasteiger charge is -2.24. The van der Waals surface area contributed by atoms with Gasteiger partial charge in [0, 0.05) is 13.1 Å². The van der Waals surface area contributed by atoms with Crippen LogP contribution in [0.3, 0.4) is 0 Å². The van der Waals surface area contributed by atoms with E-state index in [1.54, 1.807) is 17.1 Å². The topological polar surface area (TPSA) is 80.0 Å². The second-order valence-electron chi connectivity index (χ2n) is 8.73. The second kappa shape index (κ2) is 14.0. The number of aliphatic imine (C=N–C) groups is 1. The van der Waals surface area contributed by atoms with Crippen LogP contribution in [0.4, 0.5) is 0 Å². The number of hydrogen-bond acceptors (Lipinski definition) is 5. The number of rotatable bonds is 11. The molecule has 35 heavy (non-hydrogen) atoms. The Kier molecular flexibility index (Phi) is 10.4. The zero-order valence-corrected chi connectivity index (χ0v) is 20.6. The first kappa shape index (κ1) is 26.1. The quantitative estimate of drug-likeness (QED) is 0.259. The van der Waals surface area contributed by atoms with Crippen LogP contribution in [-0.2, 0) is 9.53 Å². The zero-order valence-electron chi connectivity index (χ0n) is 20.6. The molecule has 4 rings (SSSR count). The number of nitrogens with two attached hydrogens (primary N) is 1. The highest BCUT2D eigenvalue weighted by Crippen LogP contribution is 2.29. The Morgan fingerprint density at radius 3 is 2.57 bits per heavy atom. The molecule has 1 aromatic rings. The molecule has 6 heteroatoms. The third-order valence-electron chi connectivity index (χ3n) is 6.15. The Hall–Kier alpha value is -3.54. The van der Waals surface area contributed by atoms with Crippen molar-refractivity contribution in [1.29, 1.82) is 0 Å². The third kappa shape index (κ3) is 7.74. The van der Waals surface area contributed by atoms with Crippen LogP contribution in [0.15, 0.2) is 95.9 Å². The molecule has 1 atom stereocenters. The number of amides is 1. The number of unbranched alkanes of at least 4 members (excludes halogenated alkanes) is 1. The highest BCUT2D eigenvalue weighted by Gasteiger charge is 2.33. The predicted octanol–water partition coefficient (Wildman–Crippen LogP) is 5.30. The number of guanidine groups is 1. The van der Waals surface area contributed by atoms with Gasteiger partial charge in [0.2, 0.25) is 0 Å². The molecule has 6 nitrogen and oxygen atoms in total. The highest BCUT2D eigenvalue weighted by atomic mass is 16.5. The maximum atomic E-state index is 12.7. The molecule has 1 fully saturated rings. The summed E-state index contributed by atoms with van der Waals surface area (Å²) >= 11 is 0. The van der Waals surface area contributed by atoms with Gasteiger partial charge in [0.1, 0.15) is 6.61 Å². The van der Waals surface area contributed by atoms with Gasteiger partial charge in [-0.1, -0.05) is 73.9 Å². The molecule has 1 unspecified atom stereocenters. The fourth-order valence-electron chi connectivity index (χ4n) is 3.98. The maximum Gasteiger partial charge on any atom is 0.258 e. The molecule has 1 heterocycles. The fraction of sp³-hybridized carbons (Fsp3) is 0.379. The van der Waals surface area contributed by atoms with Gasteiger partial charge in [0.25, 0.3) is 5.91 Å². The Balaban J connectivity index is 0.000000795. The van der Waals surface area contributed by atoms with Crippen LogP contribution >= 0.6 is 0 Å². The summed E-state index contributed by atoms with van der Waals surface area (Å²) in [7, 11) is 0. The summed E-state index contributed by atoms with van der Waals surface area (Å²) in [6, 6.07) is 9.09. The first-order chi connectivity index (χ1) is 17.1. The fourth-order valence-corrected chi connectivity index (χ4v) is 3.98. The summed E-state index contributed by atoms with van der Waals surface area (Å²) < 4.78 is 6.11. The van der Waals surface area contributed by atoms with E-state index in [2.05, 4.69) is 41.7 Å². The Morgan fingerprint density at radius 2 is 1.94 bits per heavy atom. The molecule has 0 spiro atoms. The standard InChI is InChI=1S/C25H32N4O2.C4H6/c26-25-28-22(20-12-5-2-6-13-20)24(30)29(25)17-8-7-16-27-23(21-14-9-15-21)31-18-19-10-3-1-4-11-19;1-3-4-2/h2-3,5-6,10-13,22,27H,1,4,7-9,14-18H2,(H2,26,28);3-4H,1-2H2. The van der Waals surface area contributed by atoms with Gasteiger partial charge >= 0.3 is 0 Å². The van der Waals surface area contributed by atoms with E-state index < -0.39 is 6.04 Å². The minimum Gasteiger partial charge on any atom is -0.474 e. The highest BCUT2D eigenvalue weighted by molar-refractivity contribution is 6.04. The lowest BCUT2D eigenvalue weighted by atomic mass is 9.93. The average molecular weight is 475 g/mol. The monoisotopic (exact) mass is 474 g/mol. The van der Waals surface area contributed by atoms with Crippen LogP contribution in [0.2, 0.25) is 0 Å². The molecular weight excluding hydrogens is 436 g/mol. The molecule has 1 aromatic carbocycles. The minimum absolute atomic E-state index is 0.0360. The molecule has 3 aliphatic rings. The number of allylic oxidation sites excluding steroid dienone is 5. The van der Waals surface area contributed by atoms with Crippen molar-refractivity contribution in [3.8, 4) is 0 Å². The summed E-state index contributed by atoms with van der Waals surface area (Å²) in [6.07, 6.45) is 17.4. The lowest BCUT2D eigenvalue weighted by Crippen LogP contribution is -2.38. The van der Waals surface area contributed by atoms with Crippen LogP contribution < -0.4 is 11.1 Å². The molecule has 186 valence electrons. The van der Waals surface area contributed by atoms with Crippen molar-refractivity contribution in [2.45, 2.75) is 51.0 Å². The number of hydrogen-bond donors (Lipinski definition) is 2. The summed E-state index contributed by atoms with van der Waals surface area (Å²) in [5.74, 6) is 1.24. The summed E-state index contributed by atoms with van der Waals surface area (Å²) in [6.45, 7) is 8.75. The normalized spacial score (nSPS) is 18.5. The molecule has 1 amide bonds. The number of nitrogens with one attached hydrogen (secondary N) is 1. The van der Waals surface area contributed by atoms with Gasteiger partial charge in [-0.05, 0) is 61.7 Å². The van der Waals surface area contributed by atoms with Crippen molar-refractivity contribution in [2.24, 2.45) is 10.7 Å². The van der Waals surface area contributed by atoms with E-state index in [1.165, 1.54) is 17.6 Å². The van der Waals surface area contributed by atoms with Gasteiger partial charge in [0.15, 0.2) is 17.9 Å². The number of benzene rings is 1. The molecule has 2 aliphatic carbocycles. The largest absolute Gasteiger partial charge is 0.474 e. The van der Waals surface area contributed by atoms with Crippen molar-refractivity contribution in [3.05, 3.63) is 96.5 Å². The molecule has 0 aromatic heterocycles. The molecule has 3 N–H and O–H groups in total. The van der Waals surface area contributed by atoms with Gasteiger partial charge in [-0.25, -0.2) is 4.99 Å². The molecule has 0 bridgehead atoms. The molecule has 1 aliphatic heterocycles. The van der Waals surface area contributed by atoms with Gasteiger partial charge in [-0.15, -0.1) is 0 Å². The molecule has 0 saturated heterocycles. The van der Waals surface area contributed by atoms with E-state index in [9.17, 15) is 4.79 Å². The van der Waals surface area contributed by atoms with Crippen molar-refractivity contribution < 1.29 is 9.53 Å². The second-order valence-corrected chi connectivity index (χ2v) is 8.73. The summed E-state index contributed by atoms with van der Waals surface area (Å²) in [5, 5.41) is 3.48. The van der Waals surface area contributed by atoms with Gasteiger partial charge in [-0.3, -0.25) is 9.69 Å². The van der Waals surface area contributed by atoms with Gasteiger partial charge < -0.3 is 15.8 Å². The SMILES string of the molecule is C=CC=C.NC1=NC(c2ccccc2)C(=O)N1CCCCNC(OCC1=CCCC=C1)=C1CCC1. The van der Waals surface area contributed by atoms with E-state index in [-0.39, 0.29) is 5.91 Å². The van der Waals surface area contributed by atoms with E-state index in [4.69, 9.17) is 10.5 Å². The first-order valence-electron chi connectivity index (χ1n) is 12.5. The van der Waals surface area contributed by atoms with Crippen molar-refractivity contribution in [1.82, 2.24) is 10.2 Å². The van der Waals surface area contributed by atoms with Crippen molar-refractivity contribution in [3.63, 3.8) is 0 Å². The van der Waals surface area contributed by atoms with Crippen molar-refractivity contribution >= 4 is 11.9 Å². The van der Waals surface area contributed by atoms with Crippen molar-refractivity contribution in [2.75, 3.05) is 19.7 Å². The van der Waals surface area contributed by atoms with Gasteiger partial charge in [0.05, 0.1) is 0 Å². The average Bonchev–Trinajstić information content (AvgIpc) is 3.15. The third-order valence-corrected chi connectivity index (χ3v) is 6.15. The van der Waals surface area contributed by atoms with Crippen LogP contribution in [0.1, 0.15) is 56.6 Å². The van der Waals surface area contributed by atoms with E-state index in [0.717, 1.165) is 56.5 Å². The van der Waals surface area contributed by atoms with Crippen LogP contribution in [0, 0.1) is 0 Å². The van der Waals surface area contributed by atoms with E-state index >= 15 is 0 Å². The number of carbonyl (C=O) groups excluding carboxylic acids is 1. The maximum absolute atomic E-state index is 12.7. The van der Waals surface area contributed by atoms with Gasteiger partial charge in [-0.2, -0.15) is 0 Å². The smallest absolute Gasteiger partial charge is 0.258 e. The number of ether oxygens (including phenoxy) is 1. The first-order valence-corrected chi connectivity index (χ1v) is 12.5. The number of nitrogens with zero attached hydrogens (tertiary/aromatic N) is 2. The van der Waals surface area contributed by atoms with Crippen LogP contribution in [-0.4, -0.2) is 36.5 Å². The predicted molar refractivity (Wildman–Crippen MR) is 143 cm³/mol. The minimum atomic E-state index is -0.509. The Bertz CT molecular complexity index is 979. The summed E-state index contributed by atoms with van der Waals surface area (Å²) in [4.78, 5) is 18.7. The molecule has 1 saturated carbocycles. The Morgan fingerprint density at radius 1 is 1.17 bits per heavy atom. The summed E-state index contributed by atoms with van der Waals surface area (Å²) in [5.41, 5.74) is 9.56. The Labute approximate surface area is 209 Å². The van der Waals surface area contributed by atoms with Crippen LogP contribution in [0.5, 0.6) is 0 Å². The molecule has 0 radical (unpaired) electrons. The zero-order chi connectivity index (χ0) is 24.9. The number of carbonyl (C=O) groups is 1.